The van der Waals surface area contributed by atoms with Gasteiger partial charge in [-0.15, -0.1) is 0 Å². The van der Waals surface area contributed by atoms with Gasteiger partial charge in [0, 0.05) is 31.1 Å². The third-order valence-electron chi connectivity index (χ3n) is 4.29. The minimum Gasteiger partial charge on any atom is -0.389 e. The number of nitrogens with zero attached hydrogens (tertiary/aromatic N) is 2. The summed E-state index contributed by atoms with van der Waals surface area (Å²) >= 11 is 0. The van der Waals surface area contributed by atoms with E-state index in [4.69, 9.17) is 0 Å². The maximum absolute atomic E-state index is 10.8. The number of rotatable bonds is 5. The fraction of sp³-hybridized carbons (Fsp3) is 0.800. The van der Waals surface area contributed by atoms with Crippen molar-refractivity contribution in [2.24, 2.45) is 5.92 Å². The summed E-state index contributed by atoms with van der Waals surface area (Å²) in [4.78, 5) is 0. The Balaban J connectivity index is 2.11. The van der Waals surface area contributed by atoms with Gasteiger partial charge in [-0.2, -0.15) is 5.10 Å². The quantitative estimate of drug-likeness (QED) is 0.853. The van der Waals surface area contributed by atoms with Crippen LogP contribution in [-0.4, -0.2) is 33.6 Å². The van der Waals surface area contributed by atoms with E-state index < -0.39 is 5.60 Å². The minimum absolute atomic E-state index is 0.339. The van der Waals surface area contributed by atoms with Crippen molar-refractivity contribution in [1.82, 2.24) is 15.1 Å². The normalized spacial score (nSPS) is 23.3. The van der Waals surface area contributed by atoms with Crippen molar-refractivity contribution >= 4 is 0 Å². The molecule has 0 spiro atoms. The van der Waals surface area contributed by atoms with E-state index in [2.05, 4.69) is 30.3 Å². The van der Waals surface area contributed by atoms with Crippen molar-refractivity contribution in [3.8, 4) is 0 Å². The van der Waals surface area contributed by atoms with Gasteiger partial charge in [0.25, 0.3) is 0 Å². The van der Waals surface area contributed by atoms with E-state index in [0.717, 1.165) is 50.3 Å². The molecule has 4 nitrogen and oxygen atoms in total. The molecule has 0 aliphatic carbocycles. The zero-order chi connectivity index (χ0) is 13.9. The largest absolute Gasteiger partial charge is 0.389 e. The van der Waals surface area contributed by atoms with Crippen LogP contribution >= 0.6 is 0 Å². The van der Waals surface area contributed by atoms with E-state index in [0.29, 0.717) is 12.3 Å². The van der Waals surface area contributed by atoms with E-state index in [1.165, 1.54) is 0 Å². The molecule has 1 fully saturated rings. The third kappa shape index (κ3) is 3.37. The summed E-state index contributed by atoms with van der Waals surface area (Å²) in [6.45, 7) is 9.08. The van der Waals surface area contributed by atoms with Crippen molar-refractivity contribution in [1.29, 1.82) is 0 Å². The van der Waals surface area contributed by atoms with Crippen LogP contribution in [0.2, 0.25) is 0 Å². The van der Waals surface area contributed by atoms with Gasteiger partial charge in [-0.1, -0.05) is 6.92 Å². The first-order valence-electron chi connectivity index (χ1n) is 7.55. The molecule has 0 amide bonds. The Morgan fingerprint density at radius 1 is 1.53 bits per heavy atom. The molecule has 0 radical (unpaired) electrons. The van der Waals surface area contributed by atoms with E-state index >= 15 is 0 Å². The minimum atomic E-state index is -0.647. The average molecular weight is 265 g/mol. The Hall–Kier alpha value is -0.870. The maximum atomic E-state index is 10.8. The van der Waals surface area contributed by atoms with Gasteiger partial charge in [-0.05, 0) is 45.7 Å². The molecular formula is C15H27N3O. The number of hydrogen-bond donors (Lipinski definition) is 2. The van der Waals surface area contributed by atoms with Gasteiger partial charge in [0.2, 0.25) is 0 Å². The molecule has 2 N–H and O–H groups in total. The van der Waals surface area contributed by atoms with Crippen molar-refractivity contribution in [2.75, 3.05) is 13.1 Å². The standard InChI is InChI=1S/C15H27N3O/c1-4-13-9-14(18(5-2)17-13)10-15(3,19)12-7-6-8-16-11-12/h9,12,16,19H,4-8,10-11H2,1-3H3. The zero-order valence-electron chi connectivity index (χ0n) is 12.4. The first-order chi connectivity index (χ1) is 9.06. The SMILES string of the molecule is CCc1cc(CC(C)(O)C2CCCNC2)n(CC)n1. The highest BCUT2D eigenvalue weighted by atomic mass is 16.3. The Kier molecular flexibility index (Phi) is 4.63. The van der Waals surface area contributed by atoms with Crippen molar-refractivity contribution in [3.63, 3.8) is 0 Å². The van der Waals surface area contributed by atoms with E-state index in [1.54, 1.807) is 0 Å². The van der Waals surface area contributed by atoms with Crippen LogP contribution < -0.4 is 5.32 Å². The van der Waals surface area contributed by atoms with Crippen LogP contribution in [0, 0.1) is 5.92 Å². The first-order valence-corrected chi connectivity index (χ1v) is 7.55. The second kappa shape index (κ2) is 6.06. The van der Waals surface area contributed by atoms with Gasteiger partial charge < -0.3 is 10.4 Å². The topological polar surface area (TPSA) is 50.1 Å². The monoisotopic (exact) mass is 265 g/mol. The number of aliphatic hydroxyl groups is 1. The summed E-state index contributed by atoms with van der Waals surface area (Å²) in [6.07, 6.45) is 3.92. The Labute approximate surface area is 116 Å². The van der Waals surface area contributed by atoms with Crippen LogP contribution in [0.4, 0.5) is 0 Å². The number of aromatic nitrogens is 2. The van der Waals surface area contributed by atoms with Crippen LogP contribution in [0.3, 0.4) is 0 Å². The number of piperidine rings is 1. The highest BCUT2D eigenvalue weighted by Gasteiger charge is 2.33. The summed E-state index contributed by atoms with van der Waals surface area (Å²) in [5.41, 5.74) is 1.63. The maximum Gasteiger partial charge on any atom is 0.0715 e. The molecule has 1 aromatic heterocycles. The Bertz CT molecular complexity index is 406. The lowest BCUT2D eigenvalue weighted by atomic mass is 9.80. The molecule has 1 aromatic rings. The third-order valence-corrected chi connectivity index (χ3v) is 4.29. The highest BCUT2D eigenvalue weighted by molar-refractivity contribution is 5.13. The van der Waals surface area contributed by atoms with Crippen LogP contribution in [0.1, 0.15) is 45.0 Å². The molecule has 2 unspecified atom stereocenters. The van der Waals surface area contributed by atoms with Gasteiger partial charge in [0.1, 0.15) is 0 Å². The summed E-state index contributed by atoms with van der Waals surface area (Å²) in [6, 6.07) is 2.15. The average Bonchev–Trinajstić information content (AvgIpc) is 2.81. The van der Waals surface area contributed by atoms with Gasteiger partial charge in [0.15, 0.2) is 0 Å². The smallest absolute Gasteiger partial charge is 0.0715 e. The number of hydrogen-bond acceptors (Lipinski definition) is 3. The van der Waals surface area contributed by atoms with Crippen LogP contribution in [0.25, 0.3) is 0 Å². The van der Waals surface area contributed by atoms with E-state index in [1.807, 2.05) is 11.6 Å². The molecule has 2 rings (SSSR count). The van der Waals surface area contributed by atoms with E-state index in [9.17, 15) is 5.11 Å². The molecule has 1 aliphatic heterocycles. The molecule has 1 aliphatic rings. The summed E-state index contributed by atoms with van der Waals surface area (Å²) in [5, 5.41) is 18.8. The Morgan fingerprint density at radius 2 is 2.32 bits per heavy atom. The first kappa shape index (κ1) is 14.5. The molecule has 19 heavy (non-hydrogen) atoms. The number of aryl methyl sites for hydroxylation is 2. The lowest BCUT2D eigenvalue weighted by Crippen LogP contribution is -2.45. The molecule has 4 heteroatoms. The van der Waals surface area contributed by atoms with Crippen molar-refractivity contribution in [2.45, 2.75) is 58.6 Å². The van der Waals surface area contributed by atoms with Crippen LogP contribution in [-0.2, 0) is 19.4 Å². The van der Waals surface area contributed by atoms with Crippen LogP contribution in [0.15, 0.2) is 6.07 Å². The second-order valence-corrected chi connectivity index (χ2v) is 5.87. The molecule has 0 bridgehead atoms. The lowest BCUT2D eigenvalue weighted by molar-refractivity contribution is -0.0117. The summed E-state index contributed by atoms with van der Waals surface area (Å²) in [5.74, 6) is 0.339. The summed E-state index contributed by atoms with van der Waals surface area (Å²) in [7, 11) is 0. The van der Waals surface area contributed by atoms with Crippen molar-refractivity contribution in [3.05, 3.63) is 17.5 Å². The van der Waals surface area contributed by atoms with Gasteiger partial charge in [-0.3, -0.25) is 4.68 Å². The zero-order valence-corrected chi connectivity index (χ0v) is 12.4. The van der Waals surface area contributed by atoms with Gasteiger partial charge in [-0.25, -0.2) is 0 Å². The molecule has 1 saturated heterocycles. The van der Waals surface area contributed by atoms with Gasteiger partial charge in [0.05, 0.1) is 11.3 Å². The fourth-order valence-corrected chi connectivity index (χ4v) is 3.00. The Morgan fingerprint density at radius 3 is 2.89 bits per heavy atom. The molecule has 0 saturated carbocycles. The summed E-state index contributed by atoms with van der Waals surface area (Å²) < 4.78 is 2.03. The van der Waals surface area contributed by atoms with Crippen molar-refractivity contribution < 1.29 is 5.11 Å². The highest BCUT2D eigenvalue weighted by Crippen LogP contribution is 2.27. The second-order valence-electron chi connectivity index (χ2n) is 5.87. The lowest BCUT2D eigenvalue weighted by Gasteiger charge is -2.36. The predicted octanol–water partition coefficient (Wildman–Crippen LogP) is 1.76. The van der Waals surface area contributed by atoms with E-state index in [-0.39, 0.29) is 0 Å². The molecule has 108 valence electrons. The fourth-order valence-electron chi connectivity index (χ4n) is 3.00. The van der Waals surface area contributed by atoms with Crippen LogP contribution in [0.5, 0.6) is 0 Å². The molecule has 0 aromatic carbocycles. The molecular weight excluding hydrogens is 238 g/mol. The van der Waals surface area contributed by atoms with Gasteiger partial charge >= 0.3 is 0 Å². The molecule has 2 heterocycles. The predicted molar refractivity (Wildman–Crippen MR) is 77.2 cm³/mol. The number of nitrogens with one attached hydrogen (secondary N) is 1. The molecule has 2 atom stereocenters.